The van der Waals surface area contributed by atoms with Crippen molar-refractivity contribution in [3.05, 3.63) is 21.3 Å². The second-order valence-electron chi connectivity index (χ2n) is 5.79. The molecule has 0 spiro atoms. The molecule has 0 aliphatic carbocycles. The number of hydrogen-bond donors (Lipinski definition) is 0. The molecule has 0 radical (unpaired) electrons. The molecule has 4 nitrogen and oxygen atoms in total. The predicted octanol–water partition coefficient (Wildman–Crippen LogP) is 3.35. The summed E-state index contributed by atoms with van der Waals surface area (Å²) in [5, 5.41) is 0. The molecule has 1 saturated heterocycles. The summed E-state index contributed by atoms with van der Waals surface area (Å²) in [5.74, 6) is -0.471. The van der Waals surface area contributed by atoms with Gasteiger partial charge in [-0.1, -0.05) is 11.6 Å². The first-order valence-corrected chi connectivity index (χ1v) is 7.76. The Labute approximate surface area is 127 Å². The molecule has 0 aromatic carbocycles. The van der Waals surface area contributed by atoms with Crippen molar-refractivity contribution < 1.29 is 14.3 Å². The second-order valence-corrected chi connectivity index (χ2v) is 7.51. The minimum Gasteiger partial charge on any atom is -0.458 e. The number of carbonyl (C=O) groups is 2. The molecule has 1 aliphatic heterocycles. The Balaban J connectivity index is 2.11. The van der Waals surface area contributed by atoms with Crippen molar-refractivity contribution in [2.75, 3.05) is 6.54 Å². The number of esters is 1. The summed E-state index contributed by atoms with van der Waals surface area (Å²) in [7, 11) is 0. The topological polar surface area (TPSA) is 46.6 Å². The van der Waals surface area contributed by atoms with Gasteiger partial charge in [0.15, 0.2) is 0 Å². The monoisotopic (exact) mass is 315 g/mol. The summed E-state index contributed by atoms with van der Waals surface area (Å²) < 4.78 is 5.96. The molecule has 1 aliphatic rings. The zero-order chi connectivity index (χ0) is 14.9. The van der Waals surface area contributed by atoms with Crippen LogP contribution in [0, 0.1) is 0 Å². The Morgan fingerprint density at radius 1 is 1.40 bits per heavy atom. The third-order valence-electron chi connectivity index (χ3n) is 2.98. The zero-order valence-corrected chi connectivity index (χ0v) is 13.4. The van der Waals surface area contributed by atoms with Crippen molar-refractivity contribution >= 4 is 34.8 Å². The first-order valence-electron chi connectivity index (χ1n) is 6.57. The second kappa shape index (κ2) is 5.74. The quantitative estimate of drug-likeness (QED) is 0.786. The molecule has 1 aromatic heterocycles. The number of halogens is 1. The van der Waals surface area contributed by atoms with Crippen molar-refractivity contribution in [2.45, 2.75) is 45.3 Å². The lowest BCUT2D eigenvalue weighted by Gasteiger charge is -2.27. The molecule has 2 heterocycles. The number of amides is 1. The summed E-state index contributed by atoms with van der Waals surface area (Å²) >= 11 is 7.09. The van der Waals surface area contributed by atoms with Crippen molar-refractivity contribution in [1.82, 2.24) is 4.90 Å². The van der Waals surface area contributed by atoms with Crippen LogP contribution in [0.1, 0.15) is 43.3 Å². The molecule has 1 atom stereocenters. The van der Waals surface area contributed by atoms with Crippen LogP contribution in [0.4, 0.5) is 0 Å². The fourth-order valence-electron chi connectivity index (χ4n) is 2.20. The molecule has 1 aromatic rings. The van der Waals surface area contributed by atoms with E-state index in [1.54, 1.807) is 17.0 Å². The molecule has 20 heavy (non-hydrogen) atoms. The van der Waals surface area contributed by atoms with Crippen LogP contribution in [0.25, 0.3) is 0 Å². The molecule has 6 heteroatoms. The lowest BCUT2D eigenvalue weighted by molar-refractivity contribution is -0.159. The maximum absolute atomic E-state index is 12.4. The number of likely N-dealkylation sites (tertiary alicyclic amines) is 1. The zero-order valence-electron chi connectivity index (χ0n) is 11.8. The van der Waals surface area contributed by atoms with Gasteiger partial charge in [0.25, 0.3) is 5.91 Å². The first-order chi connectivity index (χ1) is 9.28. The average Bonchev–Trinajstić information content (AvgIpc) is 2.93. The molecular formula is C14H18ClNO3S. The maximum atomic E-state index is 12.4. The van der Waals surface area contributed by atoms with E-state index in [-0.39, 0.29) is 11.9 Å². The number of rotatable bonds is 2. The van der Waals surface area contributed by atoms with E-state index in [2.05, 4.69) is 0 Å². The molecule has 110 valence electrons. The maximum Gasteiger partial charge on any atom is 0.329 e. The van der Waals surface area contributed by atoms with Crippen LogP contribution in [0.3, 0.4) is 0 Å². The SMILES string of the molecule is CC(C)(C)OC(=O)[C@H]1CCCN1C(=O)c1ccc(Cl)s1. The summed E-state index contributed by atoms with van der Waals surface area (Å²) in [6.07, 6.45) is 1.47. The first kappa shape index (κ1) is 15.3. The van der Waals surface area contributed by atoms with Crippen molar-refractivity contribution in [2.24, 2.45) is 0 Å². The van der Waals surface area contributed by atoms with Crippen LogP contribution in [-0.2, 0) is 9.53 Å². The molecular weight excluding hydrogens is 298 g/mol. The van der Waals surface area contributed by atoms with Gasteiger partial charge in [0.1, 0.15) is 11.6 Å². The molecule has 0 saturated carbocycles. The van der Waals surface area contributed by atoms with Gasteiger partial charge in [-0.05, 0) is 45.7 Å². The highest BCUT2D eigenvalue weighted by molar-refractivity contribution is 7.17. The van der Waals surface area contributed by atoms with Gasteiger partial charge in [0, 0.05) is 6.54 Å². The van der Waals surface area contributed by atoms with E-state index in [0.29, 0.717) is 22.2 Å². The Kier molecular flexibility index (Phi) is 4.39. The van der Waals surface area contributed by atoms with Gasteiger partial charge in [0.2, 0.25) is 0 Å². The van der Waals surface area contributed by atoms with Crippen molar-refractivity contribution in [1.29, 1.82) is 0 Å². The smallest absolute Gasteiger partial charge is 0.329 e. The van der Waals surface area contributed by atoms with Crippen LogP contribution in [0.15, 0.2) is 12.1 Å². The number of nitrogens with zero attached hydrogens (tertiary/aromatic N) is 1. The minimum absolute atomic E-state index is 0.143. The molecule has 2 rings (SSSR count). The van der Waals surface area contributed by atoms with Crippen LogP contribution in [0.5, 0.6) is 0 Å². The number of ether oxygens (including phenoxy) is 1. The summed E-state index contributed by atoms with van der Waals surface area (Å²) in [5.41, 5.74) is -0.541. The molecule has 0 bridgehead atoms. The fourth-order valence-corrected chi connectivity index (χ4v) is 3.19. The lowest BCUT2D eigenvalue weighted by atomic mass is 10.1. The Hall–Kier alpha value is -1.07. The number of hydrogen-bond acceptors (Lipinski definition) is 4. The average molecular weight is 316 g/mol. The van der Waals surface area contributed by atoms with Crippen LogP contribution in [-0.4, -0.2) is 35.0 Å². The summed E-state index contributed by atoms with van der Waals surface area (Å²) in [6, 6.07) is 2.90. The normalized spacial score (nSPS) is 19.2. The number of carbonyl (C=O) groups excluding carboxylic acids is 2. The lowest BCUT2D eigenvalue weighted by Crippen LogP contribution is -2.43. The van der Waals surface area contributed by atoms with Gasteiger partial charge in [-0.3, -0.25) is 4.79 Å². The van der Waals surface area contributed by atoms with Gasteiger partial charge in [0.05, 0.1) is 9.21 Å². The highest BCUT2D eigenvalue weighted by Gasteiger charge is 2.37. The Morgan fingerprint density at radius 3 is 2.65 bits per heavy atom. The van der Waals surface area contributed by atoms with E-state index < -0.39 is 11.6 Å². The minimum atomic E-state index is -0.541. The summed E-state index contributed by atoms with van der Waals surface area (Å²) in [6.45, 7) is 6.05. The van der Waals surface area contributed by atoms with Crippen molar-refractivity contribution in [3.63, 3.8) is 0 Å². The largest absolute Gasteiger partial charge is 0.458 e. The van der Waals surface area contributed by atoms with Gasteiger partial charge in [-0.25, -0.2) is 4.79 Å². The van der Waals surface area contributed by atoms with Gasteiger partial charge >= 0.3 is 5.97 Å². The Bertz CT molecular complexity index is 521. The van der Waals surface area contributed by atoms with E-state index in [9.17, 15) is 9.59 Å². The van der Waals surface area contributed by atoms with Crippen molar-refractivity contribution in [3.8, 4) is 0 Å². The van der Waals surface area contributed by atoms with Crippen LogP contribution < -0.4 is 0 Å². The molecule has 1 amide bonds. The highest BCUT2D eigenvalue weighted by atomic mass is 35.5. The van der Waals surface area contributed by atoms with E-state index in [1.807, 2.05) is 20.8 Å². The van der Waals surface area contributed by atoms with Gasteiger partial charge < -0.3 is 9.64 Å². The van der Waals surface area contributed by atoms with E-state index >= 15 is 0 Å². The number of thiophene rings is 1. The van der Waals surface area contributed by atoms with E-state index in [1.165, 1.54) is 11.3 Å². The highest BCUT2D eigenvalue weighted by Crippen LogP contribution is 2.27. The summed E-state index contributed by atoms with van der Waals surface area (Å²) in [4.78, 5) is 26.7. The van der Waals surface area contributed by atoms with Crippen LogP contribution >= 0.6 is 22.9 Å². The predicted molar refractivity (Wildman–Crippen MR) is 79.2 cm³/mol. The third-order valence-corrected chi connectivity index (χ3v) is 4.20. The van der Waals surface area contributed by atoms with E-state index in [4.69, 9.17) is 16.3 Å². The standard InChI is InChI=1S/C14H18ClNO3S/c1-14(2,3)19-13(18)9-5-4-8-16(9)12(17)10-6-7-11(15)20-10/h6-7,9H,4-5,8H2,1-3H3/t9-/m1/s1. The van der Waals surface area contributed by atoms with Gasteiger partial charge in [-0.15, -0.1) is 11.3 Å². The Morgan fingerprint density at radius 2 is 2.10 bits per heavy atom. The third kappa shape index (κ3) is 3.52. The van der Waals surface area contributed by atoms with Crippen LogP contribution in [0.2, 0.25) is 4.34 Å². The molecule has 0 N–H and O–H groups in total. The molecule has 1 fully saturated rings. The van der Waals surface area contributed by atoms with Gasteiger partial charge in [-0.2, -0.15) is 0 Å². The van der Waals surface area contributed by atoms with E-state index in [0.717, 1.165) is 6.42 Å². The molecule has 0 unspecified atom stereocenters. The fraction of sp³-hybridized carbons (Fsp3) is 0.571.